The van der Waals surface area contributed by atoms with Gasteiger partial charge in [-0.25, -0.2) is 9.97 Å². The van der Waals surface area contributed by atoms with Crippen LogP contribution in [-0.4, -0.2) is 42.4 Å². The first-order valence-corrected chi connectivity index (χ1v) is 7.33. The van der Waals surface area contributed by atoms with Gasteiger partial charge in [0.25, 0.3) is 0 Å². The van der Waals surface area contributed by atoms with Crippen molar-refractivity contribution in [3.05, 3.63) is 12.3 Å². The molecular formula is C12H20N4S. The van der Waals surface area contributed by atoms with Crippen LogP contribution in [0.4, 0.5) is 5.82 Å². The fourth-order valence-corrected chi connectivity index (χ4v) is 2.50. The van der Waals surface area contributed by atoms with E-state index in [9.17, 15) is 0 Å². The third-order valence-corrected chi connectivity index (χ3v) is 3.66. The summed E-state index contributed by atoms with van der Waals surface area (Å²) in [7, 11) is 2.10. The largest absolute Gasteiger partial charge is 0.358 e. The lowest BCUT2D eigenvalue weighted by Crippen LogP contribution is -2.42. The van der Waals surface area contributed by atoms with Crippen molar-refractivity contribution in [1.82, 2.24) is 15.3 Å². The number of rotatable bonds is 4. The third-order valence-electron chi connectivity index (χ3n) is 3.10. The first kappa shape index (κ1) is 12.6. The molecule has 4 nitrogen and oxygen atoms in total. The Bertz CT molecular complexity index is 352. The maximum absolute atomic E-state index is 4.51. The van der Waals surface area contributed by atoms with Crippen molar-refractivity contribution in [3.8, 4) is 0 Å². The quantitative estimate of drug-likeness (QED) is 0.653. The summed E-state index contributed by atoms with van der Waals surface area (Å²) in [6.45, 7) is 2.17. The second kappa shape index (κ2) is 6.21. The van der Waals surface area contributed by atoms with Crippen molar-refractivity contribution in [2.24, 2.45) is 0 Å². The average molecular weight is 252 g/mol. The van der Waals surface area contributed by atoms with Gasteiger partial charge in [0.05, 0.1) is 0 Å². The molecule has 17 heavy (non-hydrogen) atoms. The zero-order valence-electron chi connectivity index (χ0n) is 10.5. The molecule has 1 aliphatic rings. The summed E-state index contributed by atoms with van der Waals surface area (Å²) in [6.07, 6.45) is 7.75. The van der Waals surface area contributed by atoms with Crippen molar-refractivity contribution in [3.63, 3.8) is 0 Å². The van der Waals surface area contributed by atoms with Crippen LogP contribution >= 0.6 is 11.8 Å². The first-order valence-electron chi connectivity index (χ1n) is 6.11. The Morgan fingerprint density at radius 1 is 1.53 bits per heavy atom. The molecule has 1 aromatic heterocycles. The van der Waals surface area contributed by atoms with Crippen LogP contribution in [0.3, 0.4) is 0 Å². The summed E-state index contributed by atoms with van der Waals surface area (Å²) in [5.74, 6) is 1.01. The molecule has 1 N–H and O–H groups in total. The van der Waals surface area contributed by atoms with E-state index >= 15 is 0 Å². The molecule has 0 aliphatic carbocycles. The van der Waals surface area contributed by atoms with Gasteiger partial charge in [0.1, 0.15) is 5.82 Å². The number of likely N-dealkylation sites (N-methyl/N-ethyl adjacent to an activating group) is 1. The molecule has 0 aromatic carbocycles. The lowest BCUT2D eigenvalue weighted by atomic mass is 10.0. The van der Waals surface area contributed by atoms with Gasteiger partial charge in [0.15, 0.2) is 5.16 Å². The van der Waals surface area contributed by atoms with E-state index in [1.807, 2.05) is 18.5 Å². The summed E-state index contributed by atoms with van der Waals surface area (Å²) >= 11 is 1.58. The fraction of sp³-hybridized carbons (Fsp3) is 0.667. The highest BCUT2D eigenvalue weighted by molar-refractivity contribution is 7.98. The molecule has 1 atom stereocenters. The zero-order chi connectivity index (χ0) is 12.1. The Morgan fingerprint density at radius 3 is 3.12 bits per heavy atom. The molecule has 2 rings (SSSR count). The standard InChI is InChI=1S/C12H20N4S/c1-16(9-10-5-3-4-7-13-10)11-6-8-14-12(15-11)17-2/h6,8,10,13H,3-5,7,9H2,1-2H3. The van der Waals surface area contributed by atoms with Crippen LogP contribution in [0.25, 0.3) is 0 Å². The average Bonchev–Trinajstić information content (AvgIpc) is 2.40. The molecule has 1 aromatic rings. The number of thioether (sulfide) groups is 1. The van der Waals surface area contributed by atoms with E-state index in [1.165, 1.54) is 19.3 Å². The summed E-state index contributed by atoms with van der Waals surface area (Å²) in [4.78, 5) is 10.9. The minimum absolute atomic E-state index is 0.599. The molecular weight excluding hydrogens is 232 g/mol. The monoisotopic (exact) mass is 252 g/mol. The van der Waals surface area contributed by atoms with E-state index in [0.29, 0.717) is 6.04 Å². The molecule has 0 amide bonds. The summed E-state index contributed by atoms with van der Waals surface area (Å²) in [6, 6.07) is 2.57. The Balaban J connectivity index is 1.95. The number of nitrogens with zero attached hydrogens (tertiary/aromatic N) is 3. The number of hydrogen-bond donors (Lipinski definition) is 1. The van der Waals surface area contributed by atoms with Crippen molar-refractivity contribution in [2.75, 3.05) is 31.3 Å². The van der Waals surface area contributed by atoms with Crippen LogP contribution in [0, 0.1) is 0 Å². The topological polar surface area (TPSA) is 41.1 Å². The van der Waals surface area contributed by atoms with Crippen LogP contribution in [0.2, 0.25) is 0 Å². The van der Waals surface area contributed by atoms with Crippen molar-refractivity contribution in [1.29, 1.82) is 0 Å². The highest BCUT2D eigenvalue weighted by atomic mass is 32.2. The van der Waals surface area contributed by atoms with Gasteiger partial charge in [-0.1, -0.05) is 18.2 Å². The van der Waals surface area contributed by atoms with Crippen molar-refractivity contribution >= 4 is 17.6 Å². The van der Waals surface area contributed by atoms with Gasteiger partial charge < -0.3 is 10.2 Å². The molecule has 0 saturated carbocycles. The number of aromatic nitrogens is 2. The minimum atomic E-state index is 0.599. The van der Waals surface area contributed by atoms with Crippen LogP contribution in [-0.2, 0) is 0 Å². The molecule has 1 unspecified atom stereocenters. The lowest BCUT2D eigenvalue weighted by molar-refractivity contribution is 0.402. The van der Waals surface area contributed by atoms with Gasteiger partial charge in [-0.05, 0) is 31.7 Å². The van der Waals surface area contributed by atoms with Crippen LogP contribution in [0.15, 0.2) is 17.4 Å². The highest BCUT2D eigenvalue weighted by Crippen LogP contribution is 2.15. The van der Waals surface area contributed by atoms with E-state index in [0.717, 1.165) is 24.1 Å². The first-order chi connectivity index (χ1) is 8.29. The van der Waals surface area contributed by atoms with E-state index in [-0.39, 0.29) is 0 Å². The maximum Gasteiger partial charge on any atom is 0.189 e. The van der Waals surface area contributed by atoms with E-state index in [2.05, 4.69) is 27.2 Å². The Hall–Kier alpha value is -0.810. The summed E-state index contributed by atoms with van der Waals surface area (Å²) < 4.78 is 0. The smallest absolute Gasteiger partial charge is 0.189 e. The van der Waals surface area contributed by atoms with Crippen LogP contribution in [0.1, 0.15) is 19.3 Å². The highest BCUT2D eigenvalue weighted by Gasteiger charge is 2.15. The Morgan fingerprint density at radius 2 is 2.41 bits per heavy atom. The number of nitrogens with one attached hydrogen (secondary N) is 1. The van der Waals surface area contributed by atoms with Crippen LogP contribution in [0.5, 0.6) is 0 Å². The van der Waals surface area contributed by atoms with Crippen molar-refractivity contribution in [2.45, 2.75) is 30.5 Å². The molecule has 0 radical (unpaired) electrons. The lowest BCUT2D eigenvalue weighted by Gasteiger charge is -2.28. The predicted molar refractivity (Wildman–Crippen MR) is 72.7 cm³/mol. The van der Waals surface area contributed by atoms with Gasteiger partial charge in [0.2, 0.25) is 0 Å². The molecule has 0 spiro atoms. The molecule has 1 saturated heterocycles. The Labute approximate surface area is 107 Å². The van der Waals surface area contributed by atoms with Gasteiger partial charge in [-0.2, -0.15) is 0 Å². The number of hydrogen-bond acceptors (Lipinski definition) is 5. The second-order valence-corrected chi connectivity index (χ2v) is 5.20. The third kappa shape index (κ3) is 3.57. The normalized spacial score (nSPS) is 20.2. The van der Waals surface area contributed by atoms with E-state index in [4.69, 9.17) is 0 Å². The van der Waals surface area contributed by atoms with Crippen molar-refractivity contribution < 1.29 is 0 Å². The van der Waals surface area contributed by atoms with Crippen LogP contribution < -0.4 is 10.2 Å². The van der Waals surface area contributed by atoms with Gasteiger partial charge in [-0.3, -0.25) is 0 Å². The molecule has 1 aliphatic heterocycles. The van der Waals surface area contributed by atoms with Gasteiger partial charge in [0, 0.05) is 25.8 Å². The molecule has 5 heteroatoms. The Kier molecular flexibility index (Phi) is 4.62. The van der Waals surface area contributed by atoms with E-state index in [1.54, 1.807) is 11.8 Å². The van der Waals surface area contributed by atoms with Gasteiger partial charge >= 0.3 is 0 Å². The van der Waals surface area contributed by atoms with Gasteiger partial charge in [-0.15, -0.1) is 0 Å². The molecule has 1 fully saturated rings. The summed E-state index contributed by atoms with van der Waals surface area (Å²) in [5, 5.41) is 4.40. The number of anilines is 1. The SMILES string of the molecule is CSc1nccc(N(C)CC2CCCCN2)n1. The van der Waals surface area contributed by atoms with E-state index < -0.39 is 0 Å². The summed E-state index contributed by atoms with van der Waals surface area (Å²) in [5.41, 5.74) is 0. The maximum atomic E-state index is 4.51. The number of piperidine rings is 1. The zero-order valence-corrected chi connectivity index (χ0v) is 11.3. The second-order valence-electron chi connectivity index (χ2n) is 4.43. The molecule has 2 heterocycles. The molecule has 0 bridgehead atoms. The predicted octanol–water partition coefficient (Wildman–Crippen LogP) is 1.78. The minimum Gasteiger partial charge on any atom is -0.358 e. The molecule has 94 valence electrons. The fourth-order valence-electron chi connectivity index (χ4n) is 2.15.